The van der Waals surface area contributed by atoms with E-state index in [1.807, 2.05) is 25.1 Å². The van der Waals surface area contributed by atoms with Gasteiger partial charge in [0.05, 0.1) is 5.92 Å². The number of benzene rings is 1. The smallest absolute Gasteiger partial charge is 0.228 e. The molecule has 1 aromatic rings. The van der Waals surface area contributed by atoms with E-state index in [0.717, 1.165) is 41.7 Å². The van der Waals surface area contributed by atoms with Crippen LogP contribution in [-0.2, 0) is 4.79 Å². The lowest BCUT2D eigenvalue weighted by Crippen LogP contribution is -2.37. The monoisotopic (exact) mass is 332 g/mol. The summed E-state index contributed by atoms with van der Waals surface area (Å²) in [7, 11) is 0. The quantitative estimate of drug-likeness (QED) is 0.873. The molecule has 0 bridgehead atoms. The molecule has 2 rings (SSSR count). The van der Waals surface area contributed by atoms with Gasteiger partial charge in [0.1, 0.15) is 0 Å². The number of anilines is 1. The molecule has 1 aromatic carbocycles. The van der Waals surface area contributed by atoms with Crippen LogP contribution in [0.1, 0.15) is 18.4 Å². The van der Waals surface area contributed by atoms with Gasteiger partial charge in [0.15, 0.2) is 0 Å². The molecule has 1 aliphatic heterocycles. The zero-order chi connectivity index (χ0) is 12.3. The van der Waals surface area contributed by atoms with Gasteiger partial charge in [-0.05, 0) is 44.0 Å². The first-order chi connectivity index (χ1) is 8.16. The fraction of sp³-hybridized carbons (Fsp3) is 0.462. The van der Waals surface area contributed by atoms with E-state index in [4.69, 9.17) is 0 Å². The molecule has 0 spiro atoms. The number of nitrogens with one attached hydrogen (secondary N) is 2. The molecule has 5 heteroatoms. The second-order valence-corrected chi connectivity index (χ2v) is 5.41. The van der Waals surface area contributed by atoms with Crippen LogP contribution in [0.2, 0.25) is 0 Å². The summed E-state index contributed by atoms with van der Waals surface area (Å²) in [4.78, 5) is 12.1. The molecule has 18 heavy (non-hydrogen) atoms. The zero-order valence-corrected chi connectivity index (χ0v) is 12.7. The van der Waals surface area contributed by atoms with Crippen molar-refractivity contribution in [3.8, 4) is 0 Å². The largest absolute Gasteiger partial charge is 0.326 e. The fourth-order valence-corrected chi connectivity index (χ4v) is 2.40. The van der Waals surface area contributed by atoms with Gasteiger partial charge in [0.2, 0.25) is 5.91 Å². The van der Waals surface area contributed by atoms with Gasteiger partial charge in [0, 0.05) is 16.7 Å². The highest BCUT2D eigenvalue weighted by Crippen LogP contribution is 2.22. The van der Waals surface area contributed by atoms with Crippen molar-refractivity contribution in [2.75, 3.05) is 18.4 Å². The molecule has 0 aromatic heterocycles. The maximum Gasteiger partial charge on any atom is 0.228 e. The lowest BCUT2D eigenvalue weighted by Gasteiger charge is -2.22. The van der Waals surface area contributed by atoms with E-state index in [-0.39, 0.29) is 24.2 Å². The number of aryl methyl sites for hydroxylation is 1. The number of hydrogen-bond donors (Lipinski definition) is 2. The van der Waals surface area contributed by atoms with E-state index in [1.165, 1.54) is 0 Å². The molecule has 0 unspecified atom stereocenters. The first kappa shape index (κ1) is 15.5. The van der Waals surface area contributed by atoms with Crippen LogP contribution in [0.15, 0.2) is 22.7 Å². The third kappa shape index (κ3) is 3.97. The van der Waals surface area contributed by atoms with Crippen molar-refractivity contribution in [3.63, 3.8) is 0 Å². The maximum absolute atomic E-state index is 12.1. The molecule has 3 nitrogen and oxygen atoms in total. The van der Waals surface area contributed by atoms with Gasteiger partial charge in [-0.25, -0.2) is 0 Å². The summed E-state index contributed by atoms with van der Waals surface area (Å²) >= 11 is 3.42. The Morgan fingerprint density at radius 3 is 2.94 bits per heavy atom. The van der Waals surface area contributed by atoms with E-state index in [2.05, 4.69) is 26.6 Å². The minimum absolute atomic E-state index is 0. The molecule has 100 valence electrons. The minimum atomic E-state index is 0. The number of halogens is 2. The Morgan fingerprint density at radius 2 is 2.28 bits per heavy atom. The van der Waals surface area contributed by atoms with Crippen LogP contribution >= 0.6 is 28.3 Å². The van der Waals surface area contributed by atoms with E-state index in [9.17, 15) is 4.79 Å². The van der Waals surface area contributed by atoms with Gasteiger partial charge in [-0.1, -0.05) is 22.0 Å². The van der Waals surface area contributed by atoms with Gasteiger partial charge in [-0.2, -0.15) is 0 Å². The average Bonchev–Trinajstić information content (AvgIpc) is 2.35. The molecule has 1 aliphatic rings. The van der Waals surface area contributed by atoms with Crippen molar-refractivity contribution in [2.24, 2.45) is 5.92 Å². The SMILES string of the molecule is Cc1ccc(Br)cc1NC(=O)[C@@H]1CCCNC1.Cl. The number of amides is 1. The minimum Gasteiger partial charge on any atom is -0.326 e. The summed E-state index contributed by atoms with van der Waals surface area (Å²) in [5.74, 6) is 0.223. The molecule has 0 aliphatic carbocycles. The van der Waals surface area contributed by atoms with Crippen LogP contribution in [0.25, 0.3) is 0 Å². The Balaban J connectivity index is 0.00000162. The standard InChI is InChI=1S/C13H17BrN2O.ClH/c1-9-4-5-11(14)7-12(9)16-13(17)10-3-2-6-15-8-10;/h4-5,7,10,15H,2-3,6,8H2,1H3,(H,16,17);1H/t10-;/m1./s1. The summed E-state index contributed by atoms with van der Waals surface area (Å²) in [5, 5.41) is 6.27. The van der Waals surface area contributed by atoms with Crippen molar-refractivity contribution in [1.82, 2.24) is 5.32 Å². The number of hydrogen-bond acceptors (Lipinski definition) is 2. The van der Waals surface area contributed by atoms with Gasteiger partial charge < -0.3 is 10.6 Å². The average molecular weight is 334 g/mol. The van der Waals surface area contributed by atoms with Crippen molar-refractivity contribution in [3.05, 3.63) is 28.2 Å². The summed E-state index contributed by atoms with van der Waals surface area (Å²) in [5.41, 5.74) is 1.99. The molecule has 0 radical (unpaired) electrons. The molecule has 0 saturated carbocycles. The molecule has 1 fully saturated rings. The lowest BCUT2D eigenvalue weighted by atomic mass is 9.98. The van der Waals surface area contributed by atoms with Gasteiger partial charge >= 0.3 is 0 Å². The fourth-order valence-electron chi connectivity index (χ4n) is 2.04. The molecule has 1 atom stereocenters. The van der Waals surface area contributed by atoms with Crippen LogP contribution in [0.5, 0.6) is 0 Å². The van der Waals surface area contributed by atoms with Gasteiger partial charge in [0.25, 0.3) is 0 Å². The molecule has 2 N–H and O–H groups in total. The van der Waals surface area contributed by atoms with Crippen molar-refractivity contribution in [1.29, 1.82) is 0 Å². The number of piperidine rings is 1. The van der Waals surface area contributed by atoms with Gasteiger partial charge in [-0.3, -0.25) is 4.79 Å². The summed E-state index contributed by atoms with van der Waals surface area (Å²) in [6.45, 7) is 3.82. The Hall–Kier alpha value is -0.580. The van der Waals surface area contributed by atoms with E-state index in [0.29, 0.717) is 0 Å². The highest BCUT2D eigenvalue weighted by Gasteiger charge is 2.21. The Morgan fingerprint density at radius 1 is 1.50 bits per heavy atom. The second kappa shape index (κ2) is 7.12. The molecule has 1 amide bonds. The third-order valence-electron chi connectivity index (χ3n) is 3.13. The number of rotatable bonds is 2. The molecule has 1 heterocycles. The van der Waals surface area contributed by atoms with E-state index < -0.39 is 0 Å². The van der Waals surface area contributed by atoms with Crippen molar-refractivity contribution >= 4 is 39.9 Å². The first-order valence-electron chi connectivity index (χ1n) is 5.94. The van der Waals surface area contributed by atoms with Crippen LogP contribution in [0.4, 0.5) is 5.69 Å². The molecule has 1 saturated heterocycles. The summed E-state index contributed by atoms with van der Waals surface area (Å²) in [6.07, 6.45) is 2.06. The highest BCUT2D eigenvalue weighted by molar-refractivity contribution is 9.10. The lowest BCUT2D eigenvalue weighted by molar-refractivity contribution is -0.120. The van der Waals surface area contributed by atoms with Crippen LogP contribution in [0, 0.1) is 12.8 Å². The van der Waals surface area contributed by atoms with Crippen LogP contribution < -0.4 is 10.6 Å². The summed E-state index contributed by atoms with van der Waals surface area (Å²) < 4.78 is 0.986. The Kier molecular flexibility index (Phi) is 6.12. The molecular weight excluding hydrogens is 316 g/mol. The number of carbonyl (C=O) groups excluding carboxylic acids is 1. The van der Waals surface area contributed by atoms with E-state index >= 15 is 0 Å². The number of carbonyl (C=O) groups is 1. The molecular formula is C13H18BrClN2O. The van der Waals surface area contributed by atoms with E-state index in [1.54, 1.807) is 0 Å². The van der Waals surface area contributed by atoms with Crippen LogP contribution in [-0.4, -0.2) is 19.0 Å². The third-order valence-corrected chi connectivity index (χ3v) is 3.62. The Bertz CT molecular complexity index is 419. The normalized spacial score (nSPS) is 18.9. The van der Waals surface area contributed by atoms with Crippen molar-refractivity contribution in [2.45, 2.75) is 19.8 Å². The van der Waals surface area contributed by atoms with Crippen molar-refractivity contribution < 1.29 is 4.79 Å². The topological polar surface area (TPSA) is 41.1 Å². The predicted molar refractivity (Wildman–Crippen MR) is 80.4 cm³/mol. The maximum atomic E-state index is 12.1. The summed E-state index contributed by atoms with van der Waals surface area (Å²) in [6, 6.07) is 5.93. The Labute approximate surface area is 122 Å². The predicted octanol–water partition coefficient (Wildman–Crippen LogP) is 3.12. The zero-order valence-electron chi connectivity index (χ0n) is 10.3. The van der Waals surface area contributed by atoms with Crippen LogP contribution in [0.3, 0.4) is 0 Å². The van der Waals surface area contributed by atoms with Gasteiger partial charge in [-0.15, -0.1) is 12.4 Å². The first-order valence-corrected chi connectivity index (χ1v) is 6.74. The second-order valence-electron chi connectivity index (χ2n) is 4.49. The highest BCUT2D eigenvalue weighted by atomic mass is 79.9.